The SMILES string of the molecule is Cn1cnnc1[C@@H]1CCCN1c1cnc2cc(Cl)c(Cl)cc2n1. The van der Waals surface area contributed by atoms with Crippen molar-refractivity contribution in [2.75, 3.05) is 11.4 Å². The summed E-state index contributed by atoms with van der Waals surface area (Å²) in [6, 6.07) is 3.65. The van der Waals surface area contributed by atoms with Crippen molar-refractivity contribution in [1.29, 1.82) is 0 Å². The summed E-state index contributed by atoms with van der Waals surface area (Å²) in [5, 5.41) is 9.20. The average molecular weight is 349 g/mol. The predicted octanol–water partition coefficient (Wildman–Crippen LogP) is 3.41. The molecular weight excluding hydrogens is 335 g/mol. The van der Waals surface area contributed by atoms with Gasteiger partial charge >= 0.3 is 0 Å². The second kappa shape index (κ2) is 5.62. The molecule has 0 saturated carbocycles. The molecule has 1 fully saturated rings. The number of fused-ring (bicyclic) bond motifs is 1. The molecule has 4 rings (SSSR count). The zero-order valence-corrected chi connectivity index (χ0v) is 14.0. The van der Waals surface area contributed by atoms with E-state index in [9.17, 15) is 0 Å². The van der Waals surface area contributed by atoms with Crippen LogP contribution in [0.2, 0.25) is 10.0 Å². The molecule has 1 aromatic carbocycles. The normalized spacial score (nSPS) is 18.0. The molecule has 0 radical (unpaired) electrons. The van der Waals surface area contributed by atoms with Gasteiger partial charge in [0.2, 0.25) is 0 Å². The molecule has 1 aliphatic rings. The molecular formula is C15H14Cl2N6. The fraction of sp³-hybridized carbons (Fsp3) is 0.333. The molecule has 0 spiro atoms. The van der Waals surface area contributed by atoms with E-state index in [1.807, 2.05) is 11.6 Å². The van der Waals surface area contributed by atoms with Gasteiger partial charge in [0.05, 0.1) is 33.3 Å². The summed E-state index contributed by atoms with van der Waals surface area (Å²) in [4.78, 5) is 11.4. The van der Waals surface area contributed by atoms with Crippen molar-refractivity contribution in [1.82, 2.24) is 24.7 Å². The van der Waals surface area contributed by atoms with Crippen LogP contribution in [0, 0.1) is 0 Å². The highest BCUT2D eigenvalue weighted by molar-refractivity contribution is 6.42. The van der Waals surface area contributed by atoms with E-state index in [1.54, 1.807) is 24.7 Å². The van der Waals surface area contributed by atoms with Crippen LogP contribution in [0.25, 0.3) is 11.0 Å². The number of halogens is 2. The number of hydrogen-bond donors (Lipinski definition) is 0. The Morgan fingerprint density at radius 1 is 1.17 bits per heavy atom. The molecule has 118 valence electrons. The van der Waals surface area contributed by atoms with E-state index in [0.717, 1.165) is 42.1 Å². The molecule has 1 atom stereocenters. The maximum absolute atomic E-state index is 6.10. The largest absolute Gasteiger partial charge is 0.345 e. The molecule has 8 heteroatoms. The second-order valence-corrected chi connectivity index (χ2v) is 6.45. The van der Waals surface area contributed by atoms with Crippen molar-refractivity contribution in [3.8, 4) is 0 Å². The zero-order valence-electron chi connectivity index (χ0n) is 12.4. The van der Waals surface area contributed by atoms with Gasteiger partial charge in [-0.2, -0.15) is 0 Å². The zero-order chi connectivity index (χ0) is 16.0. The molecule has 0 aliphatic carbocycles. The quantitative estimate of drug-likeness (QED) is 0.710. The van der Waals surface area contributed by atoms with Crippen LogP contribution in [-0.2, 0) is 7.05 Å². The molecule has 3 heterocycles. The fourth-order valence-electron chi connectivity index (χ4n) is 3.04. The molecule has 0 N–H and O–H groups in total. The summed E-state index contributed by atoms with van der Waals surface area (Å²) in [6.07, 6.45) is 5.60. The molecule has 1 aliphatic heterocycles. The van der Waals surface area contributed by atoms with Gasteiger partial charge in [0.1, 0.15) is 12.1 Å². The molecule has 0 unspecified atom stereocenters. The van der Waals surface area contributed by atoms with Crippen LogP contribution >= 0.6 is 23.2 Å². The van der Waals surface area contributed by atoms with Gasteiger partial charge in [-0.3, -0.25) is 4.98 Å². The molecule has 0 bridgehead atoms. The molecule has 1 saturated heterocycles. The Kier molecular flexibility index (Phi) is 3.58. The average Bonchev–Trinajstić information content (AvgIpc) is 3.16. The highest BCUT2D eigenvalue weighted by Gasteiger charge is 2.30. The van der Waals surface area contributed by atoms with Crippen molar-refractivity contribution in [2.24, 2.45) is 7.05 Å². The van der Waals surface area contributed by atoms with E-state index >= 15 is 0 Å². The van der Waals surface area contributed by atoms with Crippen LogP contribution in [0.3, 0.4) is 0 Å². The van der Waals surface area contributed by atoms with Gasteiger partial charge in [0, 0.05) is 13.6 Å². The number of rotatable bonds is 2. The number of aryl methyl sites for hydroxylation is 1. The van der Waals surface area contributed by atoms with Crippen molar-refractivity contribution in [3.63, 3.8) is 0 Å². The fourth-order valence-corrected chi connectivity index (χ4v) is 3.36. The van der Waals surface area contributed by atoms with E-state index in [0.29, 0.717) is 10.0 Å². The first kappa shape index (κ1) is 14.7. The van der Waals surface area contributed by atoms with Crippen molar-refractivity contribution >= 4 is 40.1 Å². The topological polar surface area (TPSA) is 59.7 Å². The van der Waals surface area contributed by atoms with Crippen molar-refractivity contribution < 1.29 is 0 Å². The van der Waals surface area contributed by atoms with E-state index in [-0.39, 0.29) is 6.04 Å². The van der Waals surface area contributed by atoms with E-state index in [4.69, 9.17) is 28.2 Å². The van der Waals surface area contributed by atoms with Crippen LogP contribution in [0.5, 0.6) is 0 Å². The lowest BCUT2D eigenvalue weighted by atomic mass is 10.2. The van der Waals surface area contributed by atoms with Crippen LogP contribution < -0.4 is 4.90 Å². The molecule has 6 nitrogen and oxygen atoms in total. The lowest BCUT2D eigenvalue weighted by Gasteiger charge is -2.24. The first-order chi connectivity index (χ1) is 11.1. The van der Waals surface area contributed by atoms with Gasteiger partial charge < -0.3 is 9.47 Å². The highest BCUT2D eigenvalue weighted by atomic mass is 35.5. The third-order valence-electron chi connectivity index (χ3n) is 4.16. The minimum atomic E-state index is 0.164. The third kappa shape index (κ3) is 2.52. The maximum Gasteiger partial charge on any atom is 0.155 e. The Morgan fingerprint density at radius 2 is 1.96 bits per heavy atom. The van der Waals surface area contributed by atoms with E-state index in [2.05, 4.69) is 20.1 Å². The Bertz CT molecular complexity index is 878. The van der Waals surface area contributed by atoms with Gasteiger partial charge in [0.25, 0.3) is 0 Å². The summed E-state index contributed by atoms with van der Waals surface area (Å²) >= 11 is 12.1. The van der Waals surface area contributed by atoms with Gasteiger partial charge in [0.15, 0.2) is 5.82 Å². The standard InChI is InChI=1S/C15H14Cl2N6/c1-22-8-19-21-15(22)13-3-2-4-23(13)14-7-18-11-5-9(16)10(17)6-12(11)20-14/h5-8,13H,2-4H2,1H3/t13-/m0/s1. The monoisotopic (exact) mass is 348 g/mol. The highest BCUT2D eigenvalue weighted by Crippen LogP contribution is 2.35. The minimum absolute atomic E-state index is 0.164. The number of hydrogen-bond acceptors (Lipinski definition) is 5. The van der Waals surface area contributed by atoms with E-state index < -0.39 is 0 Å². The second-order valence-electron chi connectivity index (χ2n) is 5.63. The predicted molar refractivity (Wildman–Crippen MR) is 89.9 cm³/mol. The van der Waals surface area contributed by atoms with Gasteiger partial charge in [-0.15, -0.1) is 10.2 Å². The summed E-state index contributed by atoms with van der Waals surface area (Å²) in [5.74, 6) is 1.76. The third-order valence-corrected chi connectivity index (χ3v) is 4.89. The van der Waals surface area contributed by atoms with Crippen LogP contribution in [-0.4, -0.2) is 31.3 Å². The lowest BCUT2D eigenvalue weighted by Crippen LogP contribution is -2.25. The van der Waals surface area contributed by atoms with Crippen LogP contribution in [0.4, 0.5) is 5.82 Å². The Hall–Kier alpha value is -1.92. The number of benzene rings is 1. The first-order valence-electron chi connectivity index (χ1n) is 7.36. The summed E-state index contributed by atoms with van der Waals surface area (Å²) < 4.78 is 1.95. The van der Waals surface area contributed by atoms with Gasteiger partial charge in [-0.05, 0) is 25.0 Å². The summed E-state index contributed by atoms with van der Waals surface area (Å²) in [5.41, 5.74) is 1.47. The maximum atomic E-state index is 6.10. The number of anilines is 1. The minimum Gasteiger partial charge on any atom is -0.345 e. The molecule has 0 amide bonds. The first-order valence-corrected chi connectivity index (χ1v) is 8.11. The molecule has 23 heavy (non-hydrogen) atoms. The summed E-state index contributed by atoms with van der Waals surface area (Å²) in [6.45, 7) is 0.916. The van der Waals surface area contributed by atoms with Gasteiger partial charge in [-0.25, -0.2) is 4.98 Å². The smallest absolute Gasteiger partial charge is 0.155 e. The number of aromatic nitrogens is 5. The Balaban J connectivity index is 1.76. The van der Waals surface area contributed by atoms with Crippen LogP contribution in [0.15, 0.2) is 24.7 Å². The molecule has 3 aromatic rings. The molecule has 2 aromatic heterocycles. The Labute approximate surface area is 143 Å². The van der Waals surface area contributed by atoms with Crippen molar-refractivity contribution in [2.45, 2.75) is 18.9 Å². The van der Waals surface area contributed by atoms with Crippen LogP contribution in [0.1, 0.15) is 24.7 Å². The lowest BCUT2D eigenvalue weighted by molar-refractivity contribution is 0.625. The Morgan fingerprint density at radius 3 is 2.70 bits per heavy atom. The van der Waals surface area contributed by atoms with Crippen molar-refractivity contribution in [3.05, 3.63) is 40.5 Å². The number of nitrogens with zero attached hydrogens (tertiary/aromatic N) is 6. The van der Waals surface area contributed by atoms with E-state index in [1.165, 1.54) is 0 Å². The summed E-state index contributed by atoms with van der Waals surface area (Å²) in [7, 11) is 1.96. The van der Waals surface area contributed by atoms with Gasteiger partial charge in [-0.1, -0.05) is 23.2 Å².